The SMILES string of the molecule is C[C@@H]1[C@H](C)CCC[C@H]1N[C@@H](C)C(=O)Nc1ccc(C(N)=O)cc1. The largest absolute Gasteiger partial charge is 0.366 e. The molecule has 1 saturated carbocycles. The normalized spacial score (nSPS) is 25.6. The number of hydrogen-bond acceptors (Lipinski definition) is 3. The van der Waals surface area contributed by atoms with E-state index in [1.54, 1.807) is 24.3 Å². The number of benzene rings is 1. The molecule has 2 amide bonds. The summed E-state index contributed by atoms with van der Waals surface area (Å²) in [5.41, 5.74) is 6.30. The Labute approximate surface area is 138 Å². The highest BCUT2D eigenvalue weighted by Crippen LogP contribution is 2.29. The molecule has 1 fully saturated rings. The maximum atomic E-state index is 12.3. The summed E-state index contributed by atoms with van der Waals surface area (Å²) in [5, 5.41) is 6.33. The molecule has 1 aromatic rings. The van der Waals surface area contributed by atoms with Crippen LogP contribution in [-0.2, 0) is 4.79 Å². The topological polar surface area (TPSA) is 84.2 Å². The molecule has 0 unspecified atom stereocenters. The summed E-state index contributed by atoms with van der Waals surface area (Å²) in [6, 6.07) is 6.73. The molecule has 1 aliphatic rings. The third-order valence-corrected chi connectivity index (χ3v) is 5.00. The minimum Gasteiger partial charge on any atom is -0.366 e. The molecule has 126 valence electrons. The lowest BCUT2D eigenvalue weighted by Crippen LogP contribution is -2.49. The van der Waals surface area contributed by atoms with E-state index in [9.17, 15) is 9.59 Å². The van der Waals surface area contributed by atoms with Crippen molar-refractivity contribution in [2.75, 3.05) is 5.32 Å². The number of carbonyl (C=O) groups is 2. The number of nitrogens with one attached hydrogen (secondary N) is 2. The zero-order valence-electron chi connectivity index (χ0n) is 14.1. The summed E-state index contributed by atoms with van der Waals surface area (Å²) >= 11 is 0. The van der Waals surface area contributed by atoms with Crippen LogP contribution < -0.4 is 16.4 Å². The Morgan fingerprint density at radius 3 is 2.43 bits per heavy atom. The van der Waals surface area contributed by atoms with Crippen LogP contribution in [0.25, 0.3) is 0 Å². The van der Waals surface area contributed by atoms with Crippen molar-refractivity contribution in [1.29, 1.82) is 0 Å². The summed E-state index contributed by atoms with van der Waals surface area (Å²) in [4.78, 5) is 23.4. The van der Waals surface area contributed by atoms with Crippen LogP contribution in [0.15, 0.2) is 24.3 Å². The maximum Gasteiger partial charge on any atom is 0.248 e. The second kappa shape index (κ2) is 7.59. The summed E-state index contributed by atoms with van der Waals surface area (Å²) < 4.78 is 0. The molecule has 1 aliphatic carbocycles. The van der Waals surface area contributed by atoms with Gasteiger partial charge in [-0.25, -0.2) is 0 Å². The summed E-state index contributed by atoms with van der Waals surface area (Å²) in [5.74, 6) is 0.729. The smallest absolute Gasteiger partial charge is 0.248 e. The molecule has 0 bridgehead atoms. The lowest BCUT2D eigenvalue weighted by molar-refractivity contribution is -0.118. The molecule has 2 rings (SSSR count). The second-order valence-electron chi connectivity index (χ2n) is 6.69. The van der Waals surface area contributed by atoms with Gasteiger partial charge in [-0.2, -0.15) is 0 Å². The predicted molar refractivity (Wildman–Crippen MR) is 92.2 cm³/mol. The third kappa shape index (κ3) is 4.55. The van der Waals surface area contributed by atoms with Gasteiger partial charge in [0.15, 0.2) is 0 Å². The van der Waals surface area contributed by atoms with Crippen molar-refractivity contribution in [3.05, 3.63) is 29.8 Å². The third-order valence-electron chi connectivity index (χ3n) is 5.00. The highest BCUT2D eigenvalue weighted by atomic mass is 16.2. The monoisotopic (exact) mass is 317 g/mol. The molecule has 5 heteroatoms. The quantitative estimate of drug-likeness (QED) is 0.780. The van der Waals surface area contributed by atoms with Gasteiger partial charge < -0.3 is 16.4 Å². The average molecular weight is 317 g/mol. The van der Waals surface area contributed by atoms with Gasteiger partial charge >= 0.3 is 0 Å². The molecule has 5 nitrogen and oxygen atoms in total. The van der Waals surface area contributed by atoms with Crippen molar-refractivity contribution in [1.82, 2.24) is 5.32 Å². The second-order valence-corrected chi connectivity index (χ2v) is 6.69. The van der Waals surface area contributed by atoms with Crippen LogP contribution in [0.5, 0.6) is 0 Å². The minimum atomic E-state index is -0.474. The lowest BCUT2D eigenvalue weighted by Gasteiger charge is -2.36. The van der Waals surface area contributed by atoms with Crippen LogP contribution in [0.2, 0.25) is 0 Å². The standard InChI is InChI=1S/C18H27N3O2/c1-11-5-4-6-16(12(11)2)20-13(3)18(23)21-15-9-7-14(8-10-15)17(19)22/h7-13,16,20H,4-6H2,1-3H3,(H2,19,22)(H,21,23)/t11-,12-,13+,16-/m1/s1. The predicted octanol–water partition coefficient (Wildman–Crippen LogP) is 2.53. The van der Waals surface area contributed by atoms with E-state index in [1.165, 1.54) is 12.8 Å². The molecule has 4 N–H and O–H groups in total. The number of rotatable bonds is 5. The first-order valence-corrected chi connectivity index (χ1v) is 8.35. The Hall–Kier alpha value is -1.88. The number of primary amides is 1. The van der Waals surface area contributed by atoms with E-state index in [2.05, 4.69) is 24.5 Å². The van der Waals surface area contributed by atoms with Gasteiger partial charge in [-0.15, -0.1) is 0 Å². The fraction of sp³-hybridized carbons (Fsp3) is 0.556. The Bertz CT molecular complexity index is 556. The van der Waals surface area contributed by atoms with E-state index < -0.39 is 5.91 Å². The van der Waals surface area contributed by atoms with E-state index in [0.29, 0.717) is 29.1 Å². The fourth-order valence-corrected chi connectivity index (χ4v) is 3.18. The first-order chi connectivity index (χ1) is 10.9. The fourth-order valence-electron chi connectivity index (χ4n) is 3.18. The van der Waals surface area contributed by atoms with Crippen LogP contribution in [0.3, 0.4) is 0 Å². The van der Waals surface area contributed by atoms with Crippen LogP contribution >= 0.6 is 0 Å². The van der Waals surface area contributed by atoms with Crippen molar-refractivity contribution in [2.45, 2.75) is 52.1 Å². The molecule has 0 saturated heterocycles. The maximum absolute atomic E-state index is 12.3. The van der Waals surface area contributed by atoms with Gasteiger partial charge in [0, 0.05) is 17.3 Å². The summed E-state index contributed by atoms with van der Waals surface area (Å²) in [7, 11) is 0. The highest BCUT2D eigenvalue weighted by Gasteiger charge is 2.29. The number of nitrogens with two attached hydrogens (primary N) is 1. The molecule has 4 atom stereocenters. The van der Waals surface area contributed by atoms with Crippen molar-refractivity contribution >= 4 is 17.5 Å². The molecular weight excluding hydrogens is 290 g/mol. The average Bonchev–Trinajstić information content (AvgIpc) is 2.52. The zero-order chi connectivity index (χ0) is 17.0. The Morgan fingerprint density at radius 1 is 1.17 bits per heavy atom. The molecule has 0 spiro atoms. The number of anilines is 1. The first-order valence-electron chi connectivity index (χ1n) is 8.35. The van der Waals surface area contributed by atoms with Crippen LogP contribution in [0, 0.1) is 11.8 Å². The van der Waals surface area contributed by atoms with Gasteiger partial charge in [0.1, 0.15) is 0 Å². The van der Waals surface area contributed by atoms with Crippen LogP contribution in [0.4, 0.5) is 5.69 Å². The van der Waals surface area contributed by atoms with Gasteiger partial charge in [0.05, 0.1) is 6.04 Å². The molecular formula is C18H27N3O2. The van der Waals surface area contributed by atoms with Gasteiger partial charge in [0.2, 0.25) is 11.8 Å². The molecule has 0 aromatic heterocycles. The first kappa shape index (κ1) is 17.5. The van der Waals surface area contributed by atoms with Crippen molar-refractivity contribution in [2.24, 2.45) is 17.6 Å². The van der Waals surface area contributed by atoms with E-state index in [1.807, 2.05) is 6.92 Å². The van der Waals surface area contributed by atoms with Crippen molar-refractivity contribution < 1.29 is 9.59 Å². The Balaban J connectivity index is 1.90. The Morgan fingerprint density at radius 2 is 1.83 bits per heavy atom. The van der Waals surface area contributed by atoms with E-state index in [0.717, 1.165) is 6.42 Å². The molecule has 1 aromatic carbocycles. The van der Waals surface area contributed by atoms with E-state index in [4.69, 9.17) is 5.73 Å². The molecule has 0 radical (unpaired) electrons. The zero-order valence-corrected chi connectivity index (χ0v) is 14.1. The van der Waals surface area contributed by atoms with Gasteiger partial charge in [-0.1, -0.05) is 26.7 Å². The van der Waals surface area contributed by atoms with Crippen molar-refractivity contribution in [3.8, 4) is 0 Å². The molecule has 0 heterocycles. The van der Waals surface area contributed by atoms with Crippen molar-refractivity contribution in [3.63, 3.8) is 0 Å². The molecule has 0 aliphatic heterocycles. The number of hydrogen-bond donors (Lipinski definition) is 3. The lowest BCUT2D eigenvalue weighted by atomic mass is 9.78. The minimum absolute atomic E-state index is 0.0674. The Kier molecular flexibility index (Phi) is 5.77. The van der Waals surface area contributed by atoms with Gasteiger partial charge in [0.25, 0.3) is 0 Å². The van der Waals surface area contributed by atoms with Crippen LogP contribution in [0.1, 0.15) is 50.4 Å². The van der Waals surface area contributed by atoms with E-state index in [-0.39, 0.29) is 11.9 Å². The van der Waals surface area contributed by atoms with Gasteiger partial charge in [-0.3, -0.25) is 9.59 Å². The summed E-state index contributed by atoms with van der Waals surface area (Å²) in [6.45, 7) is 6.43. The van der Waals surface area contributed by atoms with E-state index >= 15 is 0 Å². The number of amides is 2. The van der Waals surface area contributed by atoms with Gasteiger partial charge in [-0.05, 0) is 49.4 Å². The summed E-state index contributed by atoms with van der Waals surface area (Å²) in [6.07, 6.45) is 3.61. The van der Waals surface area contributed by atoms with Crippen LogP contribution in [-0.4, -0.2) is 23.9 Å². The molecule has 23 heavy (non-hydrogen) atoms. The number of carbonyl (C=O) groups excluding carboxylic acids is 2. The highest BCUT2D eigenvalue weighted by molar-refractivity contribution is 5.96.